The van der Waals surface area contributed by atoms with E-state index in [1.54, 1.807) is 0 Å². The summed E-state index contributed by atoms with van der Waals surface area (Å²) >= 11 is 0. The van der Waals surface area contributed by atoms with Crippen LogP contribution in [0.15, 0.2) is 58.8 Å². The number of alkyl halides is 6. The average molecular weight is 627 g/mol. The third kappa shape index (κ3) is 12.2. The minimum Gasteiger partial charge on any atom is -0.493 e. The van der Waals surface area contributed by atoms with Gasteiger partial charge in [0.1, 0.15) is 11.5 Å². The first-order valence-corrected chi connectivity index (χ1v) is 14.7. The van der Waals surface area contributed by atoms with Gasteiger partial charge in [0, 0.05) is 17.5 Å². The van der Waals surface area contributed by atoms with Crippen LogP contribution in [0.2, 0.25) is 0 Å². The summed E-state index contributed by atoms with van der Waals surface area (Å²) in [4.78, 5) is 0. The molecule has 2 aromatic rings. The molecule has 0 amide bonds. The lowest BCUT2D eigenvalue weighted by molar-refractivity contribution is -0.0608. The summed E-state index contributed by atoms with van der Waals surface area (Å²) in [6, 6.07) is 9.35. The van der Waals surface area contributed by atoms with Gasteiger partial charge in [0.25, 0.3) is 0 Å². The molecule has 1 N–H and O–H groups in total. The molecule has 2 rings (SSSR count). The Bertz CT molecular complexity index is 1260. The third-order valence-electron chi connectivity index (χ3n) is 5.71. The number of ether oxygens (including phenoxy) is 2. The lowest BCUT2D eigenvalue weighted by atomic mass is 10.1. The second-order valence-electron chi connectivity index (χ2n) is 9.09. The van der Waals surface area contributed by atoms with Gasteiger partial charge in [-0.1, -0.05) is 49.3 Å². The van der Waals surface area contributed by atoms with E-state index in [0.29, 0.717) is 12.8 Å². The summed E-state index contributed by atoms with van der Waals surface area (Å²) in [6.07, 6.45) is -4.76. The Morgan fingerprint density at radius 1 is 0.714 bits per heavy atom. The smallest absolute Gasteiger partial charge is 0.437 e. The first kappa shape index (κ1) is 34.7. The fraction of sp³-hybridized carbons (Fsp3) is 0.481. The second-order valence-corrected chi connectivity index (χ2v) is 10.8. The van der Waals surface area contributed by atoms with Crippen LogP contribution in [-0.4, -0.2) is 56.4 Å². The summed E-state index contributed by atoms with van der Waals surface area (Å²) in [5.41, 5.74) is -3.71. The number of unbranched alkanes of at least 4 members (excludes halogenated alkanes) is 5. The maximum Gasteiger partial charge on any atom is 0.437 e. The molecule has 0 aromatic heterocycles. The predicted molar refractivity (Wildman–Crippen MR) is 144 cm³/mol. The Morgan fingerprint density at radius 2 is 1.17 bits per heavy atom. The SMILES string of the molecule is CCCCCCCCS(=O)(=O)O/N=C(/c1ccc(OCCCOc2ccc(/C(=N/O)C(F)(F)F)cc2)cc1)C(F)(F)F. The molecule has 0 aliphatic heterocycles. The van der Waals surface area contributed by atoms with Crippen molar-refractivity contribution < 1.29 is 53.7 Å². The number of nitrogens with zero attached hydrogens (tertiary/aromatic N) is 2. The number of hydrogen-bond acceptors (Lipinski definition) is 8. The minimum atomic E-state index is -4.98. The number of halogens is 6. The van der Waals surface area contributed by atoms with Gasteiger partial charge in [-0.2, -0.15) is 34.8 Å². The van der Waals surface area contributed by atoms with Gasteiger partial charge in [0.05, 0.1) is 19.0 Å². The normalized spacial score (nSPS) is 13.2. The van der Waals surface area contributed by atoms with Crippen molar-refractivity contribution in [3.8, 4) is 11.5 Å². The zero-order valence-electron chi connectivity index (χ0n) is 22.7. The first-order valence-electron chi connectivity index (χ1n) is 13.1. The van der Waals surface area contributed by atoms with E-state index in [0.717, 1.165) is 49.9 Å². The Kier molecular flexibility index (Phi) is 13.4. The van der Waals surface area contributed by atoms with Crippen molar-refractivity contribution in [2.24, 2.45) is 10.3 Å². The number of rotatable bonds is 17. The van der Waals surface area contributed by atoms with Gasteiger partial charge >= 0.3 is 22.5 Å². The van der Waals surface area contributed by atoms with Gasteiger partial charge in [0.2, 0.25) is 0 Å². The summed E-state index contributed by atoms with van der Waals surface area (Å²) in [5, 5.41) is 13.8. The maximum absolute atomic E-state index is 13.5. The van der Waals surface area contributed by atoms with Gasteiger partial charge in [-0.3, -0.25) is 4.28 Å². The Balaban J connectivity index is 1.85. The molecule has 0 heterocycles. The third-order valence-corrected chi connectivity index (χ3v) is 6.80. The topological polar surface area (TPSA) is 107 Å². The quantitative estimate of drug-likeness (QED) is 0.0652. The number of hydrogen-bond donors (Lipinski definition) is 1. The van der Waals surface area contributed by atoms with E-state index in [9.17, 15) is 34.8 Å². The van der Waals surface area contributed by atoms with Gasteiger partial charge in [0.15, 0.2) is 11.4 Å². The monoisotopic (exact) mass is 626 g/mol. The van der Waals surface area contributed by atoms with Crippen molar-refractivity contribution in [1.29, 1.82) is 0 Å². The van der Waals surface area contributed by atoms with Gasteiger partial charge < -0.3 is 14.7 Å². The summed E-state index contributed by atoms with van der Waals surface area (Å²) in [5.74, 6) is 0.0505. The first-order chi connectivity index (χ1) is 19.8. The highest BCUT2D eigenvalue weighted by atomic mass is 32.2. The highest BCUT2D eigenvalue weighted by Gasteiger charge is 2.39. The zero-order chi connectivity index (χ0) is 31.2. The second kappa shape index (κ2) is 16.2. The van der Waals surface area contributed by atoms with E-state index < -0.39 is 45.2 Å². The molecule has 15 heteroatoms. The zero-order valence-corrected chi connectivity index (χ0v) is 23.6. The van der Waals surface area contributed by atoms with Crippen LogP contribution in [-0.2, 0) is 14.4 Å². The Hall–Kier alpha value is -3.49. The molecule has 0 saturated heterocycles. The standard InChI is InChI=1S/C27H32F6N2O6S/c1-2-3-4-5-6-7-19-42(37,38)41-35-25(27(31,32)33)21-11-15-23(16-12-21)40-18-8-17-39-22-13-9-20(10-14-22)24(34-36)26(28,29)30/h9-16,36H,2-8,17-19H2,1H3/b34-24-,35-25-. The highest BCUT2D eigenvalue weighted by Crippen LogP contribution is 2.26. The summed E-state index contributed by atoms with van der Waals surface area (Å²) in [6.45, 7) is 2.26. The van der Waals surface area contributed by atoms with Crippen LogP contribution in [0.1, 0.15) is 63.0 Å². The summed E-state index contributed by atoms with van der Waals surface area (Å²) < 4.78 is 118. The molecule has 0 aliphatic carbocycles. The lowest BCUT2D eigenvalue weighted by Gasteiger charge is -2.12. The largest absolute Gasteiger partial charge is 0.493 e. The fourth-order valence-corrected chi connectivity index (χ4v) is 4.41. The lowest BCUT2D eigenvalue weighted by Crippen LogP contribution is -2.25. The molecular formula is C27H32F6N2O6S. The van der Waals surface area contributed by atoms with Gasteiger partial charge in [-0.05, 0) is 55.0 Å². The molecule has 2 aromatic carbocycles. The van der Waals surface area contributed by atoms with Crippen LogP contribution in [0.3, 0.4) is 0 Å². The molecule has 0 unspecified atom stereocenters. The van der Waals surface area contributed by atoms with E-state index in [1.165, 1.54) is 24.3 Å². The van der Waals surface area contributed by atoms with Crippen molar-refractivity contribution in [3.05, 3.63) is 59.7 Å². The van der Waals surface area contributed by atoms with E-state index >= 15 is 0 Å². The molecule has 0 bridgehead atoms. The Labute approximate surface area is 240 Å². The molecule has 0 radical (unpaired) electrons. The number of oxime groups is 2. The van der Waals surface area contributed by atoms with Crippen LogP contribution in [0.4, 0.5) is 26.3 Å². The molecule has 0 aliphatic rings. The number of benzene rings is 2. The van der Waals surface area contributed by atoms with E-state index in [-0.39, 0.29) is 36.7 Å². The van der Waals surface area contributed by atoms with Crippen LogP contribution in [0.25, 0.3) is 0 Å². The molecule has 0 fully saturated rings. The van der Waals surface area contributed by atoms with E-state index in [2.05, 4.69) is 14.6 Å². The molecular weight excluding hydrogens is 594 g/mol. The molecule has 8 nitrogen and oxygen atoms in total. The minimum absolute atomic E-state index is 0.104. The molecule has 42 heavy (non-hydrogen) atoms. The molecule has 0 spiro atoms. The fourth-order valence-electron chi connectivity index (χ4n) is 3.59. The average Bonchev–Trinajstić information content (AvgIpc) is 2.91. The van der Waals surface area contributed by atoms with Crippen LogP contribution < -0.4 is 9.47 Å². The van der Waals surface area contributed by atoms with Crippen molar-refractivity contribution in [3.63, 3.8) is 0 Å². The molecule has 0 atom stereocenters. The van der Waals surface area contributed by atoms with E-state index in [4.69, 9.17) is 14.7 Å². The molecule has 0 saturated carbocycles. The van der Waals surface area contributed by atoms with Gasteiger partial charge in [-0.15, -0.1) is 0 Å². The highest BCUT2D eigenvalue weighted by molar-refractivity contribution is 7.86. The van der Waals surface area contributed by atoms with Crippen LogP contribution in [0.5, 0.6) is 11.5 Å². The van der Waals surface area contributed by atoms with Crippen LogP contribution >= 0.6 is 0 Å². The Morgan fingerprint density at radius 3 is 1.62 bits per heavy atom. The van der Waals surface area contributed by atoms with Gasteiger partial charge in [-0.25, -0.2) is 0 Å². The maximum atomic E-state index is 13.5. The summed E-state index contributed by atoms with van der Waals surface area (Å²) in [7, 11) is -4.28. The van der Waals surface area contributed by atoms with Crippen molar-refractivity contribution in [2.75, 3.05) is 19.0 Å². The van der Waals surface area contributed by atoms with Crippen molar-refractivity contribution in [2.45, 2.75) is 64.2 Å². The van der Waals surface area contributed by atoms with Crippen molar-refractivity contribution >= 4 is 21.5 Å². The van der Waals surface area contributed by atoms with Crippen molar-refractivity contribution in [1.82, 2.24) is 0 Å². The molecule has 234 valence electrons. The van der Waals surface area contributed by atoms with E-state index in [1.807, 2.05) is 6.92 Å². The predicted octanol–water partition coefficient (Wildman–Crippen LogP) is 7.25. The van der Waals surface area contributed by atoms with Crippen LogP contribution in [0, 0.1) is 0 Å².